The van der Waals surface area contributed by atoms with Gasteiger partial charge >= 0.3 is 0 Å². The zero-order chi connectivity index (χ0) is 27.9. The fourth-order valence-electron chi connectivity index (χ4n) is 3.51. The van der Waals surface area contributed by atoms with E-state index in [2.05, 4.69) is 15.4 Å². The van der Waals surface area contributed by atoms with Gasteiger partial charge in [-0.3, -0.25) is 9.59 Å². The van der Waals surface area contributed by atoms with Crippen LogP contribution in [0.15, 0.2) is 53.4 Å². The molecule has 3 aromatic rings. The highest BCUT2D eigenvalue weighted by Crippen LogP contribution is 2.26. The van der Waals surface area contributed by atoms with Crippen LogP contribution in [0.25, 0.3) is 10.1 Å². The van der Waals surface area contributed by atoms with Gasteiger partial charge in [0.25, 0.3) is 0 Å². The third-order valence-corrected chi connectivity index (χ3v) is 8.99. The second-order valence-corrected chi connectivity index (χ2v) is 13.4. The van der Waals surface area contributed by atoms with Gasteiger partial charge in [-0.25, -0.2) is 13.1 Å². The first-order valence-corrected chi connectivity index (χ1v) is 15.3. The van der Waals surface area contributed by atoms with Crippen LogP contribution in [0.2, 0.25) is 10.0 Å². The van der Waals surface area contributed by atoms with E-state index < -0.39 is 32.9 Å². The maximum absolute atomic E-state index is 12.7. The molecule has 2 amide bonds. The maximum atomic E-state index is 12.7. The Morgan fingerprint density at radius 2 is 1.79 bits per heavy atom. The van der Waals surface area contributed by atoms with E-state index >= 15 is 0 Å². The molecule has 2 aromatic carbocycles. The normalized spacial score (nSPS) is 13.4. The van der Waals surface area contributed by atoms with Gasteiger partial charge in [-0.2, -0.15) is 0 Å². The van der Waals surface area contributed by atoms with Gasteiger partial charge in [-0.05, 0) is 42.1 Å². The Morgan fingerprint density at radius 1 is 1.05 bits per heavy atom. The summed E-state index contributed by atoms with van der Waals surface area (Å²) in [6.07, 6.45) is -1.02. The minimum absolute atomic E-state index is 0.00131. The fraction of sp³-hybridized carbons (Fsp3) is 0.333. The number of carbonyl (C=O) groups excluding carboxylic acids is 2. The van der Waals surface area contributed by atoms with Gasteiger partial charge in [0.15, 0.2) is 0 Å². The van der Waals surface area contributed by atoms with Crippen LogP contribution in [0.3, 0.4) is 0 Å². The van der Waals surface area contributed by atoms with Crippen LogP contribution in [-0.4, -0.2) is 55.4 Å². The lowest BCUT2D eigenvalue weighted by Crippen LogP contribution is -2.49. The zero-order valence-corrected chi connectivity index (χ0v) is 24.5. The smallest absolute Gasteiger partial charge is 0.242 e. The van der Waals surface area contributed by atoms with Crippen molar-refractivity contribution in [3.63, 3.8) is 0 Å². The number of thiophene rings is 1. The van der Waals surface area contributed by atoms with Gasteiger partial charge in [0, 0.05) is 34.1 Å². The van der Waals surface area contributed by atoms with E-state index in [1.54, 1.807) is 0 Å². The van der Waals surface area contributed by atoms with Gasteiger partial charge < -0.3 is 15.7 Å². The van der Waals surface area contributed by atoms with Gasteiger partial charge in [0.1, 0.15) is 15.8 Å². The molecule has 8 nitrogen and oxygen atoms in total. The van der Waals surface area contributed by atoms with E-state index in [0.29, 0.717) is 5.02 Å². The van der Waals surface area contributed by atoms with E-state index in [-0.39, 0.29) is 48.2 Å². The molecule has 14 heteroatoms. The highest BCUT2D eigenvalue weighted by molar-refractivity contribution is 7.89. The van der Waals surface area contributed by atoms with Gasteiger partial charge in [-0.15, -0.1) is 34.5 Å². The van der Waals surface area contributed by atoms with Crippen molar-refractivity contribution >= 4 is 89.7 Å². The minimum atomic E-state index is -3.92. The number of alkyl halides is 2. The molecule has 38 heavy (non-hydrogen) atoms. The molecule has 2 atom stereocenters. The van der Waals surface area contributed by atoms with Crippen LogP contribution in [0.1, 0.15) is 17.7 Å². The monoisotopic (exact) mass is 639 g/mol. The molecule has 0 aliphatic rings. The summed E-state index contributed by atoms with van der Waals surface area (Å²) < 4.78 is 28.3. The molecule has 0 saturated carbocycles. The summed E-state index contributed by atoms with van der Waals surface area (Å²) in [5.74, 6) is -0.949. The molecule has 0 unspecified atom stereocenters. The maximum Gasteiger partial charge on any atom is 0.242 e. The second kappa shape index (κ2) is 14.1. The molecular weight excluding hydrogens is 616 g/mol. The van der Waals surface area contributed by atoms with E-state index in [1.165, 1.54) is 29.5 Å². The summed E-state index contributed by atoms with van der Waals surface area (Å²) >= 11 is 25.0. The van der Waals surface area contributed by atoms with Crippen LogP contribution in [0.4, 0.5) is 0 Å². The Bertz CT molecular complexity index is 1350. The lowest BCUT2D eigenvalue weighted by molar-refractivity contribution is -0.129. The number of fused-ring (bicyclic) bond motifs is 1. The summed E-state index contributed by atoms with van der Waals surface area (Å²) in [5, 5.41) is 16.7. The number of benzene rings is 2. The summed E-state index contributed by atoms with van der Waals surface area (Å²) in [6.45, 7) is -0.292. The third kappa shape index (κ3) is 9.24. The number of aliphatic hydroxyl groups is 1. The molecule has 3 rings (SSSR count). The van der Waals surface area contributed by atoms with Crippen molar-refractivity contribution in [2.75, 3.05) is 13.1 Å². The Kier molecular flexibility index (Phi) is 11.5. The van der Waals surface area contributed by atoms with Gasteiger partial charge in [0.05, 0.1) is 17.5 Å². The largest absolute Gasteiger partial charge is 0.391 e. The summed E-state index contributed by atoms with van der Waals surface area (Å²) in [6, 6.07) is 12.6. The standard InChI is InChI=1S/C24H25Cl4N3O5S2/c25-15-5-6-21(18(26)10-15)38(35,36)30-8-7-16(32)13-29-24(34)19(12-22(27)28)31-23(33)11-17-9-14-3-1-2-4-20(14)37-17/h1-6,9-10,16,19,22,30,32H,7-8,11-13H2,(H,29,34)(H,31,33)/t16-,19-/m0/s1. The Morgan fingerprint density at radius 3 is 2.47 bits per heavy atom. The van der Waals surface area contributed by atoms with Crippen LogP contribution in [-0.2, 0) is 26.0 Å². The molecule has 0 fully saturated rings. The SMILES string of the molecule is O=C(Cc1cc2ccccc2s1)N[C@@H](CC(Cl)Cl)C(=O)NC[C@@H](O)CCNS(=O)(=O)c1ccc(Cl)cc1Cl. The van der Waals surface area contributed by atoms with Crippen LogP contribution in [0, 0.1) is 0 Å². The molecule has 1 aromatic heterocycles. The van der Waals surface area contributed by atoms with Crippen molar-refractivity contribution in [1.29, 1.82) is 0 Å². The first-order chi connectivity index (χ1) is 17.9. The number of hydrogen-bond acceptors (Lipinski definition) is 6. The number of carbonyl (C=O) groups is 2. The quantitative estimate of drug-likeness (QED) is 0.208. The van der Waals surface area contributed by atoms with Crippen LogP contribution in [0.5, 0.6) is 0 Å². The molecular formula is C24H25Cl4N3O5S2. The van der Waals surface area contributed by atoms with Crippen molar-refractivity contribution < 1.29 is 23.1 Å². The van der Waals surface area contributed by atoms with Crippen LogP contribution < -0.4 is 15.4 Å². The second-order valence-electron chi connectivity index (χ2n) is 8.33. The first-order valence-electron chi connectivity index (χ1n) is 11.4. The molecule has 0 aliphatic heterocycles. The number of nitrogens with one attached hydrogen (secondary N) is 3. The molecule has 0 saturated heterocycles. The lowest BCUT2D eigenvalue weighted by Gasteiger charge is -2.20. The molecule has 0 aliphatic carbocycles. The highest BCUT2D eigenvalue weighted by Gasteiger charge is 2.24. The number of rotatable bonds is 13. The zero-order valence-electron chi connectivity index (χ0n) is 19.8. The highest BCUT2D eigenvalue weighted by atomic mass is 35.5. The molecule has 206 valence electrons. The predicted octanol–water partition coefficient (Wildman–Crippen LogP) is 4.27. The predicted molar refractivity (Wildman–Crippen MR) is 153 cm³/mol. The molecule has 4 N–H and O–H groups in total. The average Bonchev–Trinajstić information content (AvgIpc) is 3.23. The number of amides is 2. The topological polar surface area (TPSA) is 125 Å². The molecule has 0 spiro atoms. The average molecular weight is 641 g/mol. The van der Waals surface area contributed by atoms with E-state index in [0.717, 1.165) is 15.0 Å². The number of sulfonamides is 1. The summed E-state index contributed by atoms with van der Waals surface area (Å²) in [7, 11) is -3.92. The van der Waals surface area contributed by atoms with Crippen LogP contribution >= 0.6 is 57.7 Å². The molecule has 0 radical (unpaired) electrons. The first kappa shape index (κ1) is 30.9. The van der Waals surface area contributed by atoms with E-state index in [1.807, 2.05) is 30.3 Å². The van der Waals surface area contributed by atoms with Crippen molar-refractivity contribution in [2.45, 2.75) is 41.1 Å². The van der Waals surface area contributed by atoms with Crippen molar-refractivity contribution in [3.8, 4) is 0 Å². The number of hydrogen-bond donors (Lipinski definition) is 4. The molecule has 0 bridgehead atoms. The summed E-state index contributed by atoms with van der Waals surface area (Å²) in [4.78, 5) is 25.1. The minimum Gasteiger partial charge on any atom is -0.391 e. The van der Waals surface area contributed by atoms with E-state index in [9.17, 15) is 23.1 Å². The van der Waals surface area contributed by atoms with Crippen molar-refractivity contribution in [3.05, 3.63) is 63.5 Å². The lowest BCUT2D eigenvalue weighted by atomic mass is 10.1. The van der Waals surface area contributed by atoms with Gasteiger partial charge in [-0.1, -0.05) is 41.4 Å². The number of aliphatic hydroxyl groups excluding tert-OH is 1. The van der Waals surface area contributed by atoms with Gasteiger partial charge in [0.2, 0.25) is 21.8 Å². The Labute approximate surface area is 244 Å². The fourth-order valence-corrected chi connectivity index (χ4v) is 6.75. The van der Waals surface area contributed by atoms with Crippen molar-refractivity contribution in [2.24, 2.45) is 0 Å². The summed E-state index contributed by atoms with van der Waals surface area (Å²) in [5.41, 5.74) is 0. The molecule has 1 heterocycles. The van der Waals surface area contributed by atoms with Crippen molar-refractivity contribution in [1.82, 2.24) is 15.4 Å². The van der Waals surface area contributed by atoms with E-state index in [4.69, 9.17) is 46.4 Å². The Hall–Kier alpha value is -1.63. The number of halogens is 4. The Balaban J connectivity index is 1.48. The third-order valence-electron chi connectivity index (χ3n) is 5.34.